The Morgan fingerprint density at radius 1 is 1.19 bits per heavy atom. The van der Waals surface area contributed by atoms with Gasteiger partial charge in [0.25, 0.3) is 0 Å². The van der Waals surface area contributed by atoms with Gasteiger partial charge in [0.2, 0.25) is 0 Å². The molecule has 0 aliphatic heterocycles. The first kappa shape index (κ1) is 11.9. The average Bonchev–Trinajstić information content (AvgIpc) is 2.57. The van der Waals surface area contributed by atoms with Crippen molar-refractivity contribution in [1.82, 2.24) is 4.98 Å². The normalized spacial score (nSPS) is 18.1. The number of nitrogens with zero attached hydrogens (tertiary/aromatic N) is 1. The molecule has 0 atom stereocenters. The molecule has 0 saturated heterocycles. The van der Waals surface area contributed by atoms with Gasteiger partial charge in [0, 0.05) is 6.54 Å². The summed E-state index contributed by atoms with van der Waals surface area (Å²) < 4.78 is 0.896. The van der Waals surface area contributed by atoms with Crippen LogP contribution in [-0.4, -0.2) is 11.5 Å². The number of halogens is 1. The zero-order valence-electron chi connectivity index (χ0n) is 9.58. The van der Waals surface area contributed by atoms with Crippen LogP contribution in [0.5, 0.6) is 0 Å². The Hall–Kier alpha value is -0.570. The van der Waals surface area contributed by atoms with Crippen molar-refractivity contribution in [3.63, 3.8) is 0 Å². The third-order valence-electron chi connectivity index (χ3n) is 3.30. The third-order valence-corrected chi connectivity index (χ3v) is 3.77. The van der Waals surface area contributed by atoms with Crippen LogP contribution in [0, 0.1) is 5.92 Å². The van der Waals surface area contributed by atoms with Gasteiger partial charge in [-0.1, -0.05) is 25.7 Å². The van der Waals surface area contributed by atoms with Crippen molar-refractivity contribution in [1.29, 1.82) is 0 Å². The number of hydrogen-bond donors (Lipinski definition) is 1. The van der Waals surface area contributed by atoms with E-state index in [4.69, 9.17) is 0 Å². The molecule has 1 heterocycles. The monoisotopic (exact) mass is 282 g/mol. The number of rotatable bonds is 3. The van der Waals surface area contributed by atoms with Crippen LogP contribution in [0.3, 0.4) is 0 Å². The standard InChI is InChI=1S/C13H19BrN2/c14-13-8-7-12(10-16-13)15-9-11-5-3-1-2-4-6-11/h7-8,10-11,15H,1-6,9H2. The van der Waals surface area contributed by atoms with Gasteiger partial charge in [-0.2, -0.15) is 0 Å². The van der Waals surface area contributed by atoms with Crippen molar-refractivity contribution in [3.05, 3.63) is 22.9 Å². The van der Waals surface area contributed by atoms with Crippen molar-refractivity contribution in [2.75, 3.05) is 11.9 Å². The Morgan fingerprint density at radius 3 is 2.56 bits per heavy atom. The van der Waals surface area contributed by atoms with Crippen LogP contribution in [0.25, 0.3) is 0 Å². The van der Waals surface area contributed by atoms with E-state index in [0.29, 0.717) is 0 Å². The number of hydrogen-bond acceptors (Lipinski definition) is 2. The smallest absolute Gasteiger partial charge is 0.106 e. The number of aromatic nitrogens is 1. The summed E-state index contributed by atoms with van der Waals surface area (Å²) in [6.45, 7) is 1.10. The largest absolute Gasteiger partial charge is 0.384 e. The summed E-state index contributed by atoms with van der Waals surface area (Å²) >= 11 is 3.34. The van der Waals surface area contributed by atoms with Gasteiger partial charge in [0.05, 0.1) is 11.9 Å². The molecule has 88 valence electrons. The molecule has 0 spiro atoms. The molecule has 1 aliphatic carbocycles. The van der Waals surface area contributed by atoms with Gasteiger partial charge < -0.3 is 5.32 Å². The van der Waals surface area contributed by atoms with Crippen LogP contribution in [0.2, 0.25) is 0 Å². The maximum atomic E-state index is 4.22. The third kappa shape index (κ3) is 3.78. The van der Waals surface area contributed by atoms with Gasteiger partial charge in [-0.05, 0) is 46.8 Å². The fourth-order valence-electron chi connectivity index (χ4n) is 2.31. The Kier molecular flexibility index (Phi) is 4.64. The molecule has 0 unspecified atom stereocenters. The van der Waals surface area contributed by atoms with E-state index in [-0.39, 0.29) is 0 Å². The van der Waals surface area contributed by atoms with Crippen molar-refractivity contribution in [3.8, 4) is 0 Å². The summed E-state index contributed by atoms with van der Waals surface area (Å²) in [6.07, 6.45) is 10.3. The first-order valence-corrected chi connectivity index (χ1v) is 6.99. The quantitative estimate of drug-likeness (QED) is 0.663. The molecule has 1 fully saturated rings. The van der Waals surface area contributed by atoms with E-state index in [1.54, 1.807) is 0 Å². The van der Waals surface area contributed by atoms with Crippen LogP contribution < -0.4 is 5.32 Å². The Labute approximate surface area is 106 Å². The maximum absolute atomic E-state index is 4.22. The van der Waals surface area contributed by atoms with Crippen LogP contribution in [0.15, 0.2) is 22.9 Å². The molecule has 3 heteroatoms. The molecule has 1 aromatic rings. The highest BCUT2D eigenvalue weighted by molar-refractivity contribution is 9.10. The van der Waals surface area contributed by atoms with Crippen LogP contribution in [-0.2, 0) is 0 Å². The summed E-state index contributed by atoms with van der Waals surface area (Å²) in [5, 5.41) is 3.49. The minimum absolute atomic E-state index is 0.853. The molecule has 1 N–H and O–H groups in total. The second-order valence-corrected chi connectivity index (χ2v) is 5.42. The molecule has 0 radical (unpaired) electrons. The molecule has 2 nitrogen and oxygen atoms in total. The highest BCUT2D eigenvalue weighted by Gasteiger charge is 2.11. The van der Waals surface area contributed by atoms with Crippen LogP contribution in [0.4, 0.5) is 5.69 Å². The molecule has 0 amide bonds. The fourth-order valence-corrected chi connectivity index (χ4v) is 2.55. The Bertz CT molecular complexity index is 302. The van der Waals surface area contributed by atoms with Crippen molar-refractivity contribution >= 4 is 21.6 Å². The van der Waals surface area contributed by atoms with Gasteiger partial charge in [0.1, 0.15) is 4.60 Å². The molecule has 0 bridgehead atoms. The lowest BCUT2D eigenvalue weighted by Gasteiger charge is -2.15. The number of pyridine rings is 1. The summed E-state index contributed by atoms with van der Waals surface area (Å²) in [4.78, 5) is 4.22. The summed E-state index contributed by atoms with van der Waals surface area (Å²) in [7, 11) is 0. The van der Waals surface area contributed by atoms with Crippen LogP contribution in [0.1, 0.15) is 38.5 Å². The highest BCUT2D eigenvalue weighted by atomic mass is 79.9. The van der Waals surface area contributed by atoms with Gasteiger partial charge in [-0.15, -0.1) is 0 Å². The van der Waals surface area contributed by atoms with E-state index >= 15 is 0 Å². The van der Waals surface area contributed by atoms with E-state index in [0.717, 1.165) is 22.8 Å². The van der Waals surface area contributed by atoms with Crippen molar-refractivity contribution < 1.29 is 0 Å². The van der Waals surface area contributed by atoms with Gasteiger partial charge >= 0.3 is 0 Å². The van der Waals surface area contributed by atoms with Crippen molar-refractivity contribution in [2.24, 2.45) is 5.92 Å². The number of nitrogens with one attached hydrogen (secondary N) is 1. The van der Waals surface area contributed by atoms with Gasteiger partial charge in [-0.25, -0.2) is 4.98 Å². The van der Waals surface area contributed by atoms with E-state index in [1.807, 2.05) is 12.3 Å². The topological polar surface area (TPSA) is 24.9 Å². The maximum Gasteiger partial charge on any atom is 0.106 e. The van der Waals surface area contributed by atoms with Gasteiger partial charge in [-0.3, -0.25) is 0 Å². The summed E-state index contributed by atoms with van der Waals surface area (Å²) in [5.74, 6) is 0.853. The van der Waals surface area contributed by atoms with Crippen molar-refractivity contribution in [2.45, 2.75) is 38.5 Å². The predicted molar refractivity (Wildman–Crippen MR) is 71.6 cm³/mol. The first-order valence-electron chi connectivity index (χ1n) is 6.20. The minimum Gasteiger partial charge on any atom is -0.384 e. The van der Waals surface area contributed by atoms with E-state index in [9.17, 15) is 0 Å². The molecule has 2 rings (SSSR count). The second-order valence-electron chi connectivity index (χ2n) is 4.61. The lowest BCUT2D eigenvalue weighted by molar-refractivity contribution is 0.483. The average molecular weight is 283 g/mol. The molecule has 16 heavy (non-hydrogen) atoms. The SMILES string of the molecule is Brc1ccc(NCC2CCCCCC2)cn1. The van der Waals surface area contributed by atoms with Gasteiger partial charge in [0.15, 0.2) is 0 Å². The highest BCUT2D eigenvalue weighted by Crippen LogP contribution is 2.23. The molecule has 1 saturated carbocycles. The van der Waals surface area contributed by atoms with E-state index in [2.05, 4.69) is 32.3 Å². The molecule has 1 aromatic heterocycles. The Morgan fingerprint density at radius 2 is 1.94 bits per heavy atom. The second kappa shape index (κ2) is 6.24. The zero-order chi connectivity index (χ0) is 11.2. The predicted octanol–water partition coefficient (Wildman–Crippen LogP) is 4.23. The zero-order valence-corrected chi connectivity index (χ0v) is 11.2. The Balaban J connectivity index is 1.79. The lowest BCUT2D eigenvalue weighted by Crippen LogP contribution is -2.13. The molecular weight excluding hydrogens is 264 g/mol. The summed E-state index contributed by atoms with van der Waals surface area (Å²) in [5.41, 5.74) is 1.13. The minimum atomic E-state index is 0.853. The molecular formula is C13H19BrN2. The molecule has 1 aliphatic rings. The lowest BCUT2D eigenvalue weighted by atomic mass is 10.0. The molecule has 0 aromatic carbocycles. The fraction of sp³-hybridized carbons (Fsp3) is 0.615. The van der Waals surface area contributed by atoms with E-state index in [1.165, 1.54) is 38.5 Å². The first-order chi connectivity index (χ1) is 7.84. The van der Waals surface area contributed by atoms with Crippen LogP contribution >= 0.6 is 15.9 Å². The summed E-state index contributed by atoms with van der Waals surface area (Å²) in [6, 6.07) is 4.06. The number of anilines is 1. The van der Waals surface area contributed by atoms with E-state index < -0.39 is 0 Å².